The van der Waals surface area contributed by atoms with Gasteiger partial charge < -0.3 is 15.4 Å². The molecule has 0 unspecified atom stereocenters. The molecule has 0 aromatic heterocycles. The van der Waals surface area contributed by atoms with Crippen molar-refractivity contribution in [3.05, 3.63) is 29.3 Å². The highest BCUT2D eigenvalue weighted by Gasteiger charge is 2.13. The van der Waals surface area contributed by atoms with Crippen molar-refractivity contribution in [3.8, 4) is 5.75 Å². The van der Waals surface area contributed by atoms with Crippen LogP contribution in [-0.2, 0) is 0 Å². The number of rotatable bonds is 5. The second-order valence-electron chi connectivity index (χ2n) is 5.81. The molecule has 0 spiro atoms. The minimum atomic E-state index is 0.0769. The molecule has 1 aromatic rings. The molecular weight excluding hydrogens is 250 g/mol. The first-order chi connectivity index (χ1) is 9.56. The van der Waals surface area contributed by atoms with Gasteiger partial charge in [0.15, 0.2) is 0 Å². The topological polar surface area (TPSA) is 41.7 Å². The molecule has 2 rings (SSSR count). The van der Waals surface area contributed by atoms with Crippen LogP contribution in [0.4, 0.5) is 0 Å². The number of ether oxygens (including phenoxy) is 1. The van der Waals surface area contributed by atoms with E-state index in [9.17, 15) is 0 Å². The second kappa shape index (κ2) is 7.07. The number of piperazine rings is 1. The van der Waals surface area contributed by atoms with E-state index in [-0.39, 0.29) is 6.04 Å². The first kappa shape index (κ1) is 15.3. The number of likely N-dealkylation sites (N-methyl/N-ethyl adjacent to an activating group) is 1. The maximum Gasteiger partial charge on any atom is 0.122 e. The van der Waals surface area contributed by atoms with Crippen LogP contribution in [0.2, 0.25) is 0 Å². The Labute approximate surface area is 122 Å². The SMILES string of the molecule is Cc1cc([C@H](C)N)ccc1OCCN1CCN(C)CC1. The molecule has 0 saturated carbocycles. The molecule has 0 amide bonds. The van der Waals surface area contributed by atoms with Crippen LogP contribution >= 0.6 is 0 Å². The Balaban J connectivity index is 1.79. The lowest BCUT2D eigenvalue weighted by molar-refractivity contribution is 0.133. The van der Waals surface area contributed by atoms with Crippen molar-refractivity contribution in [1.82, 2.24) is 9.80 Å². The Morgan fingerprint density at radius 2 is 1.95 bits per heavy atom. The summed E-state index contributed by atoms with van der Waals surface area (Å²) in [4.78, 5) is 4.83. The Morgan fingerprint density at radius 3 is 2.55 bits per heavy atom. The van der Waals surface area contributed by atoms with E-state index in [1.54, 1.807) is 0 Å². The van der Waals surface area contributed by atoms with E-state index in [0.717, 1.165) is 56.2 Å². The van der Waals surface area contributed by atoms with Crippen molar-refractivity contribution >= 4 is 0 Å². The summed E-state index contributed by atoms with van der Waals surface area (Å²) in [6.45, 7) is 10.4. The fraction of sp³-hybridized carbons (Fsp3) is 0.625. The summed E-state index contributed by atoms with van der Waals surface area (Å²) in [7, 11) is 2.18. The molecule has 1 fully saturated rings. The van der Waals surface area contributed by atoms with Crippen molar-refractivity contribution in [2.24, 2.45) is 5.73 Å². The number of hydrogen-bond donors (Lipinski definition) is 1. The Hall–Kier alpha value is -1.10. The Morgan fingerprint density at radius 1 is 1.25 bits per heavy atom. The van der Waals surface area contributed by atoms with Crippen molar-refractivity contribution in [3.63, 3.8) is 0 Å². The average Bonchev–Trinajstić information content (AvgIpc) is 2.42. The van der Waals surface area contributed by atoms with Crippen molar-refractivity contribution in [2.45, 2.75) is 19.9 Å². The molecule has 1 atom stereocenters. The zero-order valence-electron chi connectivity index (χ0n) is 12.9. The second-order valence-corrected chi connectivity index (χ2v) is 5.81. The number of hydrogen-bond acceptors (Lipinski definition) is 4. The lowest BCUT2D eigenvalue weighted by Gasteiger charge is -2.32. The summed E-state index contributed by atoms with van der Waals surface area (Å²) in [6, 6.07) is 6.30. The van der Waals surface area contributed by atoms with Gasteiger partial charge in [0.2, 0.25) is 0 Å². The van der Waals surface area contributed by atoms with Gasteiger partial charge in [-0.25, -0.2) is 0 Å². The summed E-state index contributed by atoms with van der Waals surface area (Å²) in [5.74, 6) is 0.975. The molecular formula is C16H27N3O. The third-order valence-corrected chi connectivity index (χ3v) is 3.99. The summed E-state index contributed by atoms with van der Waals surface area (Å²) < 4.78 is 5.91. The highest BCUT2D eigenvalue weighted by molar-refractivity contribution is 5.37. The van der Waals surface area contributed by atoms with Gasteiger partial charge in [0.1, 0.15) is 12.4 Å². The fourth-order valence-corrected chi connectivity index (χ4v) is 2.47. The van der Waals surface area contributed by atoms with E-state index in [1.807, 2.05) is 13.0 Å². The summed E-state index contributed by atoms with van der Waals surface area (Å²) in [5, 5.41) is 0. The van der Waals surface area contributed by atoms with Crippen molar-refractivity contribution in [2.75, 3.05) is 46.4 Å². The molecule has 1 saturated heterocycles. The van der Waals surface area contributed by atoms with Gasteiger partial charge in [0.05, 0.1) is 0 Å². The zero-order valence-corrected chi connectivity index (χ0v) is 12.9. The Kier molecular flexibility index (Phi) is 5.40. The molecule has 1 heterocycles. The largest absolute Gasteiger partial charge is 0.492 e. The van der Waals surface area contributed by atoms with Crippen LogP contribution in [0.1, 0.15) is 24.1 Å². The molecule has 112 valence electrons. The maximum atomic E-state index is 5.91. The van der Waals surface area contributed by atoms with Crippen molar-refractivity contribution in [1.29, 1.82) is 0 Å². The van der Waals surface area contributed by atoms with Gasteiger partial charge in [-0.2, -0.15) is 0 Å². The molecule has 2 N–H and O–H groups in total. The lowest BCUT2D eigenvalue weighted by atomic mass is 10.1. The minimum absolute atomic E-state index is 0.0769. The van der Waals surface area contributed by atoms with Gasteiger partial charge in [-0.15, -0.1) is 0 Å². The number of aryl methyl sites for hydroxylation is 1. The van der Waals surface area contributed by atoms with Crippen LogP contribution in [0.5, 0.6) is 5.75 Å². The van der Waals surface area contributed by atoms with E-state index in [2.05, 4.69) is 35.9 Å². The van der Waals surface area contributed by atoms with Crippen LogP contribution in [0.15, 0.2) is 18.2 Å². The normalized spacial score (nSPS) is 19.0. The van der Waals surface area contributed by atoms with Crippen LogP contribution in [0.25, 0.3) is 0 Å². The fourth-order valence-electron chi connectivity index (χ4n) is 2.47. The lowest BCUT2D eigenvalue weighted by Crippen LogP contribution is -2.45. The standard InChI is InChI=1S/C16H27N3O/c1-13-12-15(14(2)17)4-5-16(13)20-11-10-19-8-6-18(3)7-9-19/h4-5,12,14H,6-11,17H2,1-3H3/t14-/m0/s1. The molecule has 1 aliphatic rings. The molecule has 0 bridgehead atoms. The third kappa shape index (κ3) is 4.20. The van der Waals surface area contributed by atoms with Gasteiger partial charge >= 0.3 is 0 Å². The van der Waals surface area contributed by atoms with E-state index in [0.29, 0.717) is 0 Å². The van der Waals surface area contributed by atoms with E-state index in [4.69, 9.17) is 10.5 Å². The van der Waals surface area contributed by atoms with Crippen LogP contribution in [-0.4, -0.2) is 56.2 Å². The van der Waals surface area contributed by atoms with Crippen molar-refractivity contribution < 1.29 is 4.74 Å². The molecule has 1 aromatic carbocycles. The summed E-state index contributed by atoms with van der Waals surface area (Å²) >= 11 is 0. The van der Waals surface area contributed by atoms with E-state index in [1.165, 1.54) is 0 Å². The highest BCUT2D eigenvalue weighted by Crippen LogP contribution is 2.21. The first-order valence-electron chi connectivity index (χ1n) is 7.46. The zero-order chi connectivity index (χ0) is 14.5. The van der Waals surface area contributed by atoms with Gasteiger partial charge in [-0.3, -0.25) is 4.90 Å². The third-order valence-electron chi connectivity index (χ3n) is 3.99. The molecule has 4 heteroatoms. The smallest absolute Gasteiger partial charge is 0.122 e. The molecule has 0 radical (unpaired) electrons. The summed E-state index contributed by atoms with van der Waals surface area (Å²) in [5.41, 5.74) is 8.22. The van der Waals surface area contributed by atoms with Gasteiger partial charge in [0.25, 0.3) is 0 Å². The van der Waals surface area contributed by atoms with Crippen LogP contribution < -0.4 is 10.5 Å². The van der Waals surface area contributed by atoms with Gasteiger partial charge in [0, 0.05) is 38.8 Å². The Bertz CT molecular complexity index is 426. The van der Waals surface area contributed by atoms with Gasteiger partial charge in [-0.05, 0) is 38.1 Å². The van der Waals surface area contributed by atoms with Gasteiger partial charge in [-0.1, -0.05) is 12.1 Å². The van der Waals surface area contributed by atoms with E-state index >= 15 is 0 Å². The monoisotopic (exact) mass is 277 g/mol. The molecule has 0 aliphatic carbocycles. The molecule has 4 nitrogen and oxygen atoms in total. The molecule has 1 aliphatic heterocycles. The highest BCUT2D eigenvalue weighted by atomic mass is 16.5. The maximum absolute atomic E-state index is 5.91. The van der Waals surface area contributed by atoms with E-state index < -0.39 is 0 Å². The van der Waals surface area contributed by atoms with Crippen LogP contribution in [0, 0.1) is 6.92 Å². The first-order valence-corrected chi connectivity index (χ1v) is 7.46. The average molecular weight is 277 g/mol. The van der Waals surface area contributed by atoms with Crippen LogP contribution in [0.3, 0.4) is 0 Å². The quantitative estimate of drug-likeness (QED) is 0.888. The predicted octanol–water partition coefficient (Wildman–Crippen LogP) is 1.64. The number of nitrogens with two attached hydrogens (primary N) is 1. The number of nitrogens with zero attached hydrogens (tertiary/aromatic N) is 2. The number of benzene rings is 1. The summed E-state index contributed by atoms with van der Waals surface area (Å²) in [6.07, 6.45) is 0. The molecule has 20 heavy (non-hydrogen) atoms. The minimum Gasteiger partial charge on any atom is -0.492 e. The predicted molar refractivity (Wildman–Crippen MR) is 83.2 cm³/mol.